The predicted octanol–water partition coefficient (Wildman–Crippen LogP) is 6.76. The normalized spacial score (nSPS) is 10.6. The molecular formula is C23H23ClINO2. The standard InChI is InChI=1S/C23H23ClINO2/c1-15-7-8-21(16(2)9-15)26-13-18-11-20(25)23(22(12-18)27-3)28-14-17-5-4-6-19(24)10-17/h4-12,26H,13-14H2,1-3H3. The summed E-state index contributed by atoms with van der Waals surface area (Å²) in [5.74, 6) is 1.48. The Morgan fingerprint density at radius 3 is 2.54 bits per heavy atom. The molecule has 0 heterocycles. The minimum absolute atomic E-state index is 0.438. The Hall–Kier alpha value is -1.92. The summed E-state index contributed by atoms with van der Waals surface area (Å²) in [6, 6.07) is 18.2. The lowest BCUT2D eigenvalue weighted by molar-refractivity contribution is 0.282. The molecule has 0 unspecified atom stereocenters. The largest absolute Gasteiger partial charge is 0.493 e. The maximum atomic E-state index is 6.05. The molecule has 0 aliphatic carbocycles. The fraction of sp³-hybridized carbons (Fsp3) is 0.217. The smallest absolute Gasteiger partial charge is 0.174 e. The third kappa shape index (κ3) is 5.32. The third-order valence-electron chi connectivity index (χ3n) is 4.43. The average Bonchev–Trinajstić information content (AvgIpc) is 2.66. The van der Waals surface area contributed by atoms with Crippen LogP contribution in [0.2, 0.25) is 5.02 Å². The first-order chi connectivity index (χ1) is 13.5. The summed E-state index contributed by atoms with van der Waals surface area (Å²) in [7, 11) is 1.67. The molecule has 3 rings (SSSR count). The quantitative estimate of drug-likeness (QED) is 0.358. The van der Waals surface area contributed by atoms with Crippen molar-refractivity contribution in [2.75, 3.05) is 12.4 Å². The maximum absolute atomic E-state index is 6.05. The molecule has 3 aromatic carbocycles. The van der Waals surface area contributed by atoms with Crippen molar-refractivity contribution < 1.29 is 9.47 Å². The molecule has 0 aromatic heterocycles. The Kier molecular flexibility index (Phi) is 7.08. The summed E-state index contributed by atoms with van der Waals surface area (Å²) in [4.78, 5) is 0. The van der Waals surface area contributed by atoms with Crippen molar-refractivity contribution in [2.45, 2.75) is 27.0 Å². The first-order valence-electron chi connectivity index (χ1n) is 9.01. The number of ether oxygens (including phenoxy) is 2. The van der Waals surface area contributed by atoms with Gasteiger partial charge < -0.3 is 14.8 Å². The van der Waals surface area contributed by atoms with Crippen LogP contribution < -0.4 is 14.8 Å². The van der Waals surface area contributed by atoms with Gasteiger partial charge in [-0.05, 0) is 83.5 Å². The summed E-state index contributed by atoms with van der Waals surface area (Å²) >= 11 is 8.34. The maximum Gasteiger partial charge on any atom is 0.174 e. The molecule has 0 saturated heterocycles. The highest BCUT2D eigenvalue weighted by Gasteiger charge is 2.12. The number of benzene rings is 3. The molecule has 28 heavy (non-hydrogen) atoms. The Morgan fingerprint density at radius 2 is 1.82 bits per heavy atom. The van der Waals surface area contributed by atoms with Crippen molar-refractivity contribution >= 4 is 39.9 Å². The molecule has 3 aromatic rings. The van der Waals surface area contributed by atoms with Crippen LogP contribution in [0.5, 0.6) is 11.5 Å². The van der Waals surface area contributed by atoms with E-state index in [9.17, 15) is 0 Å². The molecule has 1 N–H and O–H groups in total. The van der Waals surface area contributed by atoms with Crippen LogP contribution in [0, 0.1) is 17.4 Å². The molecule has 5 heteroatoms. The lowest BCUT2D eigenvalue weighted by Crippen LogP contribution is -2.04. The summed E-state index contributed by atoms with van der Waals surface area (Å²) in [5, 5.41) is 4.21. The van der Waals surface area contributed by atoms with Crippen LogP contribution in [0.3, 0.4) is 0 Å². The molecule has 0 fully saturated rings. The predicted molar refractivity (Wildman–Crippen MR) is 125 cm³/mol. The van der Waals surface area contributed by atoms with Crippen LogP contribution in [-0.4, -0.2) is 7.11 Å². The van der Waals surface area contributed by atoms with Gasteiger partial charge >= 0.3 is 0 Å². The molecule has 0 aliphatic heterocycles. The van der Waals surface area contributed by atoms with Gasteiger partial charge in [0.1, 0.15) is 6.61 Å². The van der Waals surface area contributed by atoms with Gasteiger partial charge in [0.25, 0.3) is 0 Å². The van der Waals surface area contributed by atoms with Gasteiger partial charge in [-0.15, -0.1) is 0 Å². The minimum Gasteiger partial charge on any atom is -0.493 e. The zero-order valence-electron chi connectivity index (χ0n) is 16.2. The van der Waals surface area contributed by atoms with Crippen LogP contribution in [-0.2, 0) is 13.2 Å². The molecular weight excluding hydrogens is 485 g/mol. The first kappa shape index (κ1) is 20.8. The van der Waals surface area contributed by atoms with Crippen molar-refractivity contribution in [1.82, 2.24) is 0 Å². The summed E-state index contributed by atoms with van der Waals surface area (Å²) in [5.41, 5.74) is 5.80. The molecule has 0 amide bonds. The Bertz CT molecular complexity index is 975. The summed E-state index contributed by atoms with van der Waals surface area (Å²) in [6.07, 6.45) is 0. The second-order valence-electron chi connectivity index (χ2n) is 6.70. The number of aryl methyl sites for hydroxylation is 2. The molecule has 0 aliphatic rings. The van der Waals surface area contributed by atoms with Gasteiger partial charge in [0.2, 0.25) is 0 Å². The van der Waals surface area contributed by atoms with E-state index in [-0.39, 0.29) is 0 Å². The minimum atomic E-state index is 0.438. The van der Waals surface area contributed by atoms with Crippen LogP contribution in [0.25, 0.3) is 0 Å². The molecule has 146 valence electrons. The van der Waals surface area contributed by atoms with E-state index in [1.54, 1.807) is 7.11 Å². The molecule has 0 spiro atoms. The van der Waals surface area contributed by atoms with Gasteiger partial charge in [-0.3, -0.25) is 0 Å². The van der Waals surface area contributed by atoms with E-state index in [0.29, 0.717) is 18.2 Å². The van der Waals surface area contributed by atoms with Crippen LogP contribution in [0.15, 0.2) is 54.6 Å². The number of nitrogens with one attached hydrogen (secondary N) is 1. The van der Waals surface area contributed by atoms with Gasteiger partial charge in [-0.2, -0.15) is 0 Å². The van der Waals surface area contributed by atoms with E-state index < -0.39 is 0 Å². The van der Waals surface area contributed by atoms with E-state index in [1.807, 2.05) is 30.3 Å². The number of hydrogen-bond acceptors (Lipinski definition) is 3. The lowest BCUT2D eigenvalue weighted by atomic mass is 10.1. The van der Waals surface area contributed by atoms with E-state index in [0.717, 1.165) is 31.9 Å². The van der Waals surface area contributed by atoms with Crippen molar-refractivity contribution in [3.05, 3.63) is 85.4 Å². The van der Waals surface area contributed by atoms with E-state index >= 15 is 0 Å². The molecule has 3 nitrogen and oxygen atoms in total. The van der Waals surface area contributed by atoms with E-state index in [1.165, 1.54) is 11.1 Å². The number of hydrogen-bond donors (Lipinski definition) is 1. The molecule has 0 bridgehead atoms. The monoisotopic (exact) mass is 507 g/mol. The number of halogens is 2. The number of methoxy groups -OCH3 is 1. The highest BCUT2D eigenvalue weighted by Crippen LogP contribution is 2.35. The Labute approximate surface area is 185 Å². The average molecular weight is 508 g/mol. The second-order valence-corrected chi connectivity index (χ2v) is 8.30. The van der Waals surface area contributed by atoms with Crippen molar-refractivity contribution in [3.63, 3.8) is 0 Å². The lowest BCUT2D eigenvalue weighted by Gasteiger charge is -2.16. The second kappa shape index (κ2) is 9.52. The van der Waals surface area contributed by atoms with Crippen molar-refractivity contribution in [3.8, 4) is 11.5 Å². The van der Waals surface area contributed by atoms with Crippen molar-refractivity contribution in [1.29, 1.82) is 0 Å². The molecule has 0 saturated carbocycles. The SMILES string of the molecule is COc1cc(CNc2ccc(C)cc2C)cc(I)c1OCc1cccc(Cl)c1. The van der Waals surface area contributed by atoms with Crippen molar-refractivity contribution in [2.24, 2.45) is 0 Å². The summed E-state index contributed by atoms with van der Waals surface area (Å²) < 4.78 is 12.6. The Morgan fingerprint density at radius 1 is 1.00 bits per heavy atom. The fourth-order valence-electron chi connectivity index (χ4n) is 3.01. The summed E-state index contributed by atoms with van der Waals surface area (Å²) in [6.45, 7) is 5.37. The molecule has 0 atom stereocenters. The zero-order chi connectivity index (χ0) is 20.1. The third-order valence-corrected chi connectivity index (χ3v) is 5.46. The zero-order valence-corrected chi connectivity index (χ0v) is 19.1. The Balaban J connectivity index is 1.73. The highest BCUT2D eigenvalue weighted by atomic mass is 127. The van der Waals surface area contributed by atoms with E-state index in [4.69, 9.17) is 21.1 Å². The first-order valence-corrected chi connectivity index (χ1v) is 10.5. The van der Waals surface area contributed by atoms with Gasteiger partial charge in [0.05, 0.1) is 10.7 Å². The van der Waals surface area contributed by atoms with Crippen LogP contribution in [0.1, 0.15) is 22.3 Å². The molecule has 0 radical (unpaired) electrons. The van der Waals surface area contributed by atoms with Gasteiger partial charge in [0, 0.05) is 17.3 Å². The van der Waals surface area contributed by atoms with Gasteiger partial charge in [0.15, 0.2) is 11.5 Å². The number of rotatable bonds is 7. The van der Waals surface area contributed by atoms with Gasteiger partial charge in [-0.25, -0.2) is 0 Å². The van der Waals surface area contributed by atoms with Gasteiger partial charge in [-0.1, -0.05) is 41.4 Å². The topological polar surface area (TPSA) is 30.5 Å². The fourth-order valence-corrected chi connectivity index (χ4v) is 4.04. The van der Waals surface area contributed by atoms with E-state index in [2.05, 4.69) is 66.0 Å². The highest BCUT2D eigenvalue weighted by molar-refractivity contribution is 14.1. The van der Waals surface area contributed by atoms with Crippen LogP contribution >= 0.6 is 34.2 Å². The number of anilines is 1. The van der Waals surface area contributed by atoms with Crippen LogP contribution in [0.4, 0.5) is 5.69 Å².